The van der Waals surface area contributed by atoms with Crippen molar-refractivity contribution >= 4 is 9.84 Å². The van der Waals surface area contributed by atoms with E-state index < -0.39 is 27.7 Å². The fraction of sp³-hybridized carbons (Fsp3) is 0.368. The standard InChI is InChI=1S/C19H20F3NO3S/c20-19(21,22)15-6-8-16(9-7-15)26-18(14-10-11-23-12-14)13-27(24,25)17-4-2-1-3-5-17/h1-9,14,18,23H,10-13H2/t14-,18?/m0/s1. The summed E-state index contributed by atoms with van der Waals surface area (Å²) in [5.41, 5.74) is -0.772. The maximum absolute atomic E-state index is 12.7. The summed E-state index contributed by atoms with van der Waals surface area (Å²) in [4.78, 5) is 0.206. The summed E-state index contributed by atoms with van der Waals surface area (Å²) < 4.78 is 69.4. The molecule has 4 nitrogen and oxygen atoms in total. The van der Waals surface area contributed by atoms with Gasteiger partial charge in [-0.1, -0.05) is 18.2 Å². The van der Waals surface area contributed by atoms with E-state index in [2.05, 4.69) is 5.32 Å². The lowest BCUT2D eigenvalue weighted by atomic mass is 10.0. The molecule has 0 bridgehead atoms. The molecule has 0 aliphatic carbocycles. The number of sulfone groups is 1. The van der Waals surface area contributed by atoms with Crippen molar-refractivity contribution < 1.29 is 26.3 Å². The van der Waals surface area contributed by atoms with Crippen LogP contribution in [-0.4, -0.2) is 33.4 Å². The van der Waals surface area contributed by atoms with Crippen LogP contribution in [0.4, 0.5) is 13.2 Å². The summed E-state index contributed by atoms with van der Waals surface area (Å²) in [6.45, 7) is 1.36. The van der Waals surface area contributed by atoms with Gasteiger partial charge in [-0.3, -0.25) is 0 Å². The van der Waals surface area contributed by atoms with Gasteiger partial charge in [0.05, 0.1) is 16.2 Å². The maximum atomic E-state index is 12.7. The van der Waals surface area contributed by atoms with Gasteiger partial charge in [0, 0.05) is 12.5 Å². The molecule has 146 valence electrons. The van der Waals surface area contributed by atoms with E-state index in [1.54, 1.807) is 18.2 Å². The van der Waals surface area contributed by atoms with Crippen LogP contribution < -0.4 is 10.1 Å². The zero-order valence-electron chi connectivity index (χ0n) is 14.4. The van der Waals surface area contributed by atoms with E-state index in [9.17, 15) is 21.6 Å². The fourth-order valence-corrected chi connectivity index (χ4v) is 4.64. The van der Waals surface area contributed by atoms with Crippen molar-refractivity contribution in [2.24, 2.45) is 5.92 Å². The minimum atomic E-state index is -4.43. The number of ether oxygens (including phenoxy) is 1. The number of halogens is 3. The molecule has 2 atom stereocenters. The van der Waals surface area contributed by atoms with E-state index in [0.29, 0.717) is 6.54 Å². The van der Waals surface area contributed by atoms with Crippen LogP contribution in [0.2, 0.25) is 0 Å². The highest BCUT2D eigenvalue weighted by atomic mass is 32.2. The Balaban J connectivity index is 1.80. The van der Waals surface area contributed by atoms with Crippen molar-refractivity contribution in [1.82, 2.24) is 5.32 Å². The van der Waals surface area contributed by atoms with E-state index in [4.69, 9.17) is 4.74 Å². The van der Waals surface area contributed by atoms with E-state index in [1.807, 2.05) is 0 Å². The summed E-state index contributed by atoms with van der Waals surface area (Å²) in [6.07, 6.45) is -4.33. The predicted molar refractivity (Wildman–Crippen MR) is 95.3 cm³/mol. The topological polar surface area (TPSA) is 55.4 Å². The lowest BCUT2D eigenvalue weighted by molar-refractivity contribution is -0.137. The second-order valence-corrected chi connectivity index (χ2v) is 8.56. The van der Waals surface area contributed by atoms with Crippen molar-refractivity contribution in [3.8, 4) is 5.75 Å². The monoisotopic (exact) mass is 399 g/mol. The predicted octanol–water partition coefficient (Wildman–Crippen LogP) is 3.54. The van der Waals surface area contributed by atoms with Crippen molar-refractivity contribution in [3.05, 3.63) is 60.2 Å². The van der Waals surface area contributed by atoms with Crippen LogP contribution in [-0.2, 0) is 16.0 Å². The largest absolute Gasteiger partial charge is 0.489 e. The zero-order valence-corrected chi connectivity index (χ0v) is 15.3. The van der Waals surface area contributed by atoms with Gasteiger partial charge in [-0.05, 0) is 49.4 Å². The Bertz CT molecular complexity index is 846. The highest BCUT2D eigenvalue weighted by molar-refractivity contribution is 7.91. The Kier molecular flexibility index (Phi) is 5.76. The zero-order chi connectivity index (χ0) is 19.5. The van der Waals surface area contributed by atoms with E-state index >= 15 is 0 Å². The third-order valence-corrected chi connectivity index (χ3v) is 6.34. The Morgan fingerprint density at radius 1 is 1.07 bits per heavy atom. The highest BCUT2D eigenvalue weighted by Gasteiger charge is 2.33. The first-order chi connectivity index (χ1) is 12.8. The van der Waals surface area contributed by atoms with Gasteiger partial charge in [0.15, 0.2) is 9.84 Å². The highest BCUT2D eigenvalue weighted by Crippen LogP contribution is 2.31. The quantitative estimate of drug-likeness (QED) is 0.807. The first-order valence-electron chi connectivity index (χ1n) is 8.58. The molecule has 0 spiro atoms. The molecule has 2 aromatic carbocycles. The van der Waals surface area contributed by atoms with Gasteiger partial charge < -0.3 is 10.1 Å². The molecule has 1 fully saturated rings. The number of benzene rings is 2. The third kappa shape index (κ3) is 5.01. The van der Waals surface area contributed by atoms with E-state index in [-0.39, 0.29) is 22.3 Å². The van der Waals surface area contributed by atoms with Crippen LogP contribution in [0.5, 0.6) is 5.75 Å². The number of hydrogen-bond donors (Lipinski definition) is 1. The summed E-state index contributed by atoms with van der Waals surface area (Å²) in [7, 11) is -3.58. The molecule has 1 heterocycles. The van der Waals surface area contributed by atoms with E-state index in [1.165, 1.54) is 24.3 Å². The lowest BCUT2D eigenvalue weighted by Crippen LogP contribution is -2.35. The molecule has 0 aromatic heterocycles. The summed E-state index contributed by atoms with van der Waals surface area (Å²) >= 11 is 0. The second kappa shape index (κ2) is 7.90. The van der Waals surface area contributed by atoms with Crippen molar-refractivity contribution in [2.75, 3.05) is 18.8 Å². The molecular formula is C19H20F3NO3S. The molecule has 1 N–H and O–H groups in total. The van der Waals surface area contributed by atoms with Gasteiger partial charge in [-0.15, -0.1) is 0 Å². The maximum Gasteiger partial charge on any atom is 0.416 e. The number of alkyl halides is 3. The van der Waals surface area contributed by atoms with Crippen LogP contribution in [0.1, 0.15) is 12.0 Å². The van der Waals surface area contributed by atoms with Gasteiger partial charge in [-0.2, -0.15) is 13.2 Å². The SMILES string of the molecule is O=S(=O)(CC(Oc1ccc(C(F)(F)F)cc1)[C@H]1CCNC1)c1ccccc1. The molecule has 1 aliphatic heterocycles. The third-order valence-electron chi connectivity index (χ3n) is 4.58. The van der Waals surface area contributed by atoms with Crippen LogP contribution in [0.3, 0.4) is 0 Å². The molecule has 0 amide bonds. The lowest BCUT2D eigenvalue weighted by Gasteiger charge is -2.24. The number of nitrogens with one attached hydrogen (secondary N) is 1. The average Bonchev–Trinajstić information content (AvgIpc) is 3.16. The van der Waals surface area contributed by atoms with Crippen LogP contribution in [0.25, 0.3) is 0 Å². The molecular weight excluding hydrogens is 379 g/mol. The minimum Gasteiger partial charge on any atom is -0.489 e. The summed E-state index contributed by atoms with van der Waals surface area (Å²) in [6, 6.07) is 12.4. The van der Waals surface area contributed by atoms with Gasteiger partial charge in [0.2, 0.25) is 0 Å². The Hall–Kier alpha value is -2.06. The number of hydrogen-bond acceptors (Lipinski definition) is 4. The van der Waals surface area contributed by atoms with E-state index in [0.717, 1.165) is 25.1 Å². The minimum absolute atomic E-state index is 0.0363. The van der Waals surface area contributed by atoms with Gasteiger partial charge in [0.25, 0.3) is 0 Å². The van der Waals surface area contributed by atoms with Crippen molar-refractivity contribution in [2.45, 2.75) is 23.6 Å². The van der Waals surface area contributed by atoms with Crippen molar-refractivity contribution in [1.29, 1.82) is 0 Å². The number of rotatable bonds is 6. The second-order valence-electron chi connectivity index (χ2n) is 6.53. The van der Waals surface area contributed by atoms with Crippen molar-refractivity contribution in [3.63, 3.8) is 0 Å². The van der Waals surface area contributed by atoms with Gasteiger partial charge in [0.1, 0.15) is 11.9 Å². The molecule has 8 heteroatoms. The smallest absolute Gasteiger partial charge is 0.416 e. The molecule has 2 aromatic rings. The summed E-state index contributed by atoms with van der Waals surface area (Å²) in [5, 5.41) is 3.17. The van der Waals surface area contributed by atoms with Gasteiger partial charge in [-0.25, -0.2) is 8.42 Å². The Morgan fingerprint density at radius 2 is 1.74 bits per heavy atom. The average molecular weight is 399 g/mol. The summed E-state index contributed by atoms with van der Waals surface area (Å²) in [5.74, 6) is -0.0429. The normalized spacial score (nSPS) is 19.0. The fourth-order valence-electron chi connectivity index (χ4n) is 3.10. The molecule has 0 radical (unpaired) electrons. The molecule has 1 saturated heterocycles. The molecule has 1 aliphatic rings. The van der Waals surface area contributed by atoms with Crippen LogP contribution in [0, 0.1) is 5.92 Å². The first kappa shape index (κ1) is 19.7. The van der Waals surface area contributed by atoms with Crippen LogP contribution >= 0.6 is 0 Å². The molecule has 0 saturated carbocycles. The molecule has 1 unspecified atom stereocenters. The molecule has 3 rings (SSSR count). The Labute approximate surface area is 156 Å². The van der Waals surface area contributed by atoms with Gasteiger partial charge >= 0.3 is 6.18 Å². The van der Waals surface area contributed by atoms with Crippen LogP contribution in [0.15, 0.2) is 59.5 Å². The molecule has 27 heavy (non-hydrogen) atoms. The first-order valence-corrected chi connectivity index (χ1v) is 10.2. The Morgan fingerprint density at radius 3 is 2.30 bits per heavy atom.